The van der Waals surface area contributed by atoms with Crippen molar-refractivity contribution in [2.24, 2.45) is 5.73 Å². The van der Waals surface area contributed by atoms with Gasteiger partial charge in [-0.05, 0) is 38.6 Å². The molecule has 0 radical (unpaired) electrons. The van der Waals surface area contributed by atoms with Crippen molar-refractivity contribution in [2.45, 2.75) is 44.0 Å². The molecule has 1 rings (SSSR count). The molecule has 0 bridgehead atoms. The molecular weight excluding hydrogens is 288 g/mol. The Kier molecular flexibility index (Phi) is 5.96. The van der Waals surface area contributed by atoms with Gasteiger partial charge in [0, 0.05) is 28.8 Å². The van der Waals surface area contributed by atoms with Crippen molar-refractivity contribution >= 4 is 28.7 Å². The maximum Gasteiger partial charge on any atom is 0.284 e. The predicted molar refractivity (Wildman–Crippen MR) is 83.3 cm³/mol. The van der Waals surface area contributed by atoms with Crippen LogP contribution in [0.2, 0.25) is 0 Å². The molecule has 0 spiro atoms. The number of nitrogens with two attached hydrogens (primary N) is 1. The zero-order valence-electron chi connectivity index (χ0n) is 12.4. The molecule has 21 heavy (non-hydrogen) atoms. The van der Waals surface area contributed by atoms with Crippen molar-refractivity contribution < 1.29 is 14.4 Å². The van der Waals surface area contributed by atoms with Crippen LogP contribution < -0.4 is 11.1 Å². The normalized spacial score (nSPS) is 11.0. The smallest absolute Gasteiger partial charge is 0.284 e. The molecule has 1 aromatic carbocycles. The van der Waals surface area contributed by atoms with Crippen molar-refractivity contribution in [3.63, 3.8) is 0 Å². The molecule has 0 fully saturated rings. The van der Waals surface area contributed by atoms with E-state index in [-0.39, 0.29) is 29.4 Å². The number of ketones is 1. The molecule has 3 N–H and O–H groups in total. The fourth-order valence-electron chi connectivity index (χ4n) is 1.59. The largest absolute Gasteiger partial charge is 0.370 e. The number of Topliss-reactive ketones (excluding diaryl/α,β-unsaturated/α-hetero) is 1. The molecule has 6 heteroatoms. The number of primary amides is 1. The van der Waals surface area contributed by atoms with E-state index in [2.05, 4.69) is 5.32 Å². The zero-order chi connectivity index (χ0) is 16.0. The van der Waals surface area contributed by atoms with Gasteiger partial charge >= 0.3 is 0 Å². The lowest BCUT2D eigenvalue weighted by Gasteiger charge is -2.20. The number of hydrogen-bond acceptors (Lipinski definition) is 4. The minimum atomic E-state index is -0.515. The molecule has 2 amide bonds. The Morgan fingerprint density at radius 3 is 2.33 bits per heavy atom. The van der Waals surface area contributed by atoms with Gasteiger partial charge in [0.1, 0.15) is 0 Å². The average molecular weight is 308 g/mol. The fourth-order valence-corrected chi connectivity index (χ4v) is 2.58. The molecular formula is C15H20N2O3S. The predicted octanol–water partition coefficient (Wildman–Crippen LogP) is 2.74. The van der Waals surface area contributed by atoms with Gasteiger partial charge in [-0.25, -0.2) is 0 Å². The lowest BCUT2D eigenvalue weighted by molar-refractivity contribution is -0.118. The molecule has 0 atom stereocenters. The Morgan fingerprint density at radius 1 is 1.14 bits per heavy atom. The van der Waals surface area contributed by atoms with Crippen LogP contribution in [-0.4, -0.2) is 22.5 Å². The molecule has 0 unspecified atom stereocenters. The van der Waals surface area contributed by atoms with E-state index in [0.717, 1.165) is 11.8 Å². The molecule has 0 aliphatic carbocycles. The van der Waals surface area contributed by atoms with Gasteiger partial charge < -0.3 is 11.1 Å². The second-order valence-electron chi connectivity index (χ2n) is 5.65. The summed E-state index contributed by atoms with van der Waals surface area (Å²) in [6.45, 7) is 5.65. The molecule has 0 aliphatic heterocycles. The summed E-state index contributed by atoms with van der Waals surface area (Å²) in [5, 5.41) is 2.60. The number of hydrogen-bond donors (Lipinski definition) is 2. The van der Waals surface area contributed by atoms with Gasteiger partial charge in [0.05, 0.1) is 0 Å². The third-order valence-corrected chi connectivity index (χ3v) is 3.33. The minimum absolute atomic E-state index is 0.00597. The highest BCUT2D eigenvalue weighted by atomic mass is 32.2. The second kappa shape index (κ2) is 7.26. The Hall–Kier alpha value is -1.82. The van der Waals surface area contributed by atoms with Crippen molar-refractivity contribution in [1.29, 1.82) is 0 Å². The molecule has 5 nitrogen and oxygen atoms in total. The van der Waals surface area contributed by atoms with Crippen molar-refractivity contribution in [1.82, 2.24) is 5.32 Å². The Labute approximate surface area is 128 Å². The maximum atomic E-state index is 12.1. The van der Waals surface area contributed by atoms with Crippen LogP contribution in [0.1, 0.15) is 44.0 Å². The first-order valence-electron chi connectivity index (χ1n) is 6.59. The van der Waals surface area contributed by atoms with Crippen molar-refractivity contribution in [3.8, 4) is 0 Å². The Balaban J connectivity index is 2.82. The average Bonchev–Trinajstić information content (AvgIpc) is 2.34. The highest BCUT2D eigenvalue weighted by Gasteiger charge is 2.18. The van der Waals surface area contributed by atoms with Crippen LogP contribution in [0.15, 0.2) is 29.2 Å². The summed E-state index contributed by atoms with van der Waals surface area (Å²) in [5.74, 6) is -0.709. The van der Waals surface area contributed by atoms with Crippen molar-refractivity contribution in [2.75, 3.05) is 0 Å². The number of benzene rings is 1. The Morgan fingerprint density at radius 2 is 1.76 bits per heavy atom. The van der Waals surface area contributed by atoms with E-state index in [0.29, 0.717) is 10.5 Å². The van der Waals surface area contributed by atoms with E-state index in [1.165, 1.54) is 0 Å². The molecule has 1 aromatic rings. The lowest BCUT2D eigenvalue weighted by atomic mass is 10.1. The highest BCUT2D eigenvalue weighted by Crippen LogP contribution is 2.25. The van der Waals surface area contributed by atoms with Gasteiger partial charge in [-0.1, -0.05) is 18.2 Å². The van der Waals surface area contributed by atoms with Crippen LogP contribution in [0, 0.1) is 0 Å². The number of carbonyl (C=O) groups excluding carboxylic acids is 3. The molecule has 0 heterocycles. The topological polar surface area (TPSA) is 89.3 Å². The molecule has 0 aliphatic rings. The van der Waals surface area contributed by atoms with Gasteiger partial charge in [-0.15, -0.1) is 0 Å². The SMILES string of the molecule is CC(C)(C)NC(=O)Sc1ccccc1C(=O)CCC(N)=O. The van der Waals surface area contributed by atoms with Crippen LogP contribution in [-0.2, 0) is 4.79 Å². The summed E-state index contributed by atoms with van der Waals surface area (Å²) in [5.41, 5.74) is 5.15. The maximum absolute atomic E-state index is 12.1. The van der Waals surface area contributed by atoms with E-state index in [1.54, 1.807) is 24.3 Å². The fraction of sp³-hybridized carbons (Fsp3) is 0.400. The zero-order valence-corrected chi connectivity index (χ0v) is 13.3. The molecule has 114 valence electrons. The first-order valence-corrected chi connectivity index (χ1v) is 7.41. The summed E-state index contributed by atoms with van der Waals surface area (Å²) in [7, 11) is 0. The van der Waals surface area contributed by atoms with E-state index >= 15 is 0 Å². The number of nitrogens with one attached hydrogen (secondary N) is 1. The number of rotatable bonds is 5. The number of carbonyl (C=O) groups is 3. The van der Waals surface area contributed by atoms with E-state index in [9.17, 15) is 14.4 Å². The standard InChI is InChI=1S/C15H20N2O3S/c1-15(2,3)17-14(20)21-12-7-5-4-6-10(12)11(18)8-9-13(16)19/h4-7H,8-9H2,1-3H3,(H2,16,19)(H,17,20). The monoisotopic (exact) mass is 308 g/mol. The third-order valence-electron chi connectivity index (χ3n) is 2.47. The minimum Gasteiger partial charge on any atom is -0.370 e. The third kappa shape index (κ3) is 6.44. The molecule has 0 saturated carbocycles. The summed E-state index contributed by atoms with van der Waals surface area (Å²) in [6.07, 6.45) is 0.0554. The Bertz CT molecular complexity index is 550. The molecule has 0 aromatic heterocycles. The quantitative estimate of drug-likeness (QED) is 0.646. The lowest BCUT2D eigenvalue weighted by Crippen LogP contribution is -2.38. The van der Waals surface area contributed by atoms with Gasteiger partial charge in [0.25, 0.3) is 5.24 Å². The summed E-state index contributed by atoms with van der Waals surface area (Å²) in [6, 6.07) is 6.85. The molecule has 0 saturated heterocycles. The van der Waals surface area contributed by atoms with Gasteiger partial charge in [0.15, 0.2) is 5.78 Å². The van der Waals surface area contributed by atoms with Crippen LogP contribution in [0.5, 0.6) is 0 Å². The van der Waals surface area contributed by atoms with Crippen LogP contribution in [0.3, 0.4) is 0 Å². The van der Waals surface area contributed by atoms with Crippen LogP contribution in [0.4, 0.5) is 4.79 Å². The van der Waals surface area contributed by atoms with Gasteiger partial charge in [-0.2, -0.15) is 0 Å². The van der Waals surface area contributed by atoms with Crippen LogP contribution in [0.25, 0.3) is 0 Å². The van der Waals surface area contributed by atoms with E-state index in [1.807, 2.05) is 20.8 Å². The summed E-state index contributed by atoms with van der Waals surface area (Å²) >= 11 is 0.973. The van der Waals surface area contributed by atoms with E-state index in [4.69, 9.17) is 5.73 Å². The van der Waals surface area contributed by atoms with Gasteiger partial charge in [0.2, 0.25) is 5.91 Å². The first kappa shape index (κ1) is 17.2. The number of thioether (sulfide) groups is 1. The summed E-state index contributed by atoms with van der Waals surface area (Å²) in [4.78, 5) is 35.4. The van der Waals surface area contributed by atoms with E-state index < -0.39 is 5.91 Å². The summed E-state index contributed by atoms with van der Waals surface area (Å²) < 4.78 is 0. The highest BCUT2D eigenvalue weighted by molar-refractivity contribution is 8.13. The van der Waals surface area contributed by atoms with Crippen molar-refractivity contribution in [3.05, 3.63) is 29.8 Å². The second-order valence-corrected chi connectivity index (χ2v) is 6.66. The van der Waals surface area contributed by atoms with Gasteiger partial charge in [-0.3, -0.25) is 14.4 Å². The first-order chi connectivity index (χ1) is 9.69. The number of amides is 2. The van der Waals surface area contributed by atoms with Crippen LogP contribution >= 0.6 is 11.8 Å².